The lowest BCUT2D eigenvalue weighted by Crippen LogP contribution is -2.33. The summed E-state index contributed by atoms with van der Waals surface area (Å²) in [6, 6.07) is 52.9. The van der Waals surface area contributed by atoms with Crippen LogP contribution in [0.25, 0.3) is 85.7 Å². The van der Waals surface area contributed by atoms with Crippen molar-refractivity contribution in [2.24, 2.45) is 0 Å². The largest absolute Gasteiger partial charge is 0.313 e. The van der Waals surface area contributed by atoms with Gasteiger partial charge in [0.2, 0.25) is 0 Å². The second-order valence-electron chi connectivity index (χ2n) is 15.1. The van der Waals surface area contributed by atoms with Crippen LogP contribution < -0.4 is 21.1 Å². The van der Waals surface area contributed by atoms with Crippen molar-refractivity contribution in [2.45, 2.75) is 38.0 Å². The molecule has 0 fully saturated rings. The molecule has 1 atom stereocenters. The summed E-state index contributed by atoms with van der Waals surface area (Å²) in [5, 5.41) is 7.39. The molecule has 3 heteroatoms. The Bertz CT molecular complexity index is 3040. The maximum atomic E-state index is 5.27. The number of fused-ring (bicyclic) bond motifs is 7. The van der Waals surface area contributed by atoms with E-state index in [1.54, 1.807) is 0 Å². The molecular formula is C52H39N3. The minimum Gasteiger partial charge on any atom is -0.313 e. The van der Waals surface area contributed by atoms with Crippen LogP contribution in [0, 0.1) is 0 Å². The molecule has 0 spiro atoms. The number of hydrogen-bond acceptors (Lipinski definition) is 2. The molecule has 11 rings (SSSR count). The van der Waals surface area contributed by atoms with Crippen LogP contribution in [0.4, 0.5) is 0 Å². The zero-order valence-corrected chi connectivity index (χ0v) is 30.6. The molecule has 2 heterocycles. The van der Waals surface area contributed by atoms with E-state index >= 15 is 0 Å². The smallest absolute Gasteiger partial charge is 0.160 e. The highest BCUT2D eigenvalue weighted by molar-refractivity contribution is 5.96. The van der Waals surface area contributed by atoms with Crippen LogP contribution >= 0.6 is 0 Å². The van der Waals surface area contributed by atoms with Gasteiger partial charge in [0, 0.05) is 44.4 Å². The van der Waals surface area contributed by atoms with Gasteiger partial charge in [0.05, 0.1) is 16.4 Å². The third-order valence-corrected chi connectivity index (χ3v) is 11.9. The minimum atomic E-state index is 0.277. The molecule has 0 saturated heterocycles. The second-order valence-corrected chi connectivity index (χ2v) is 15.1. The zero-order chi connectivity index (χ0) is 36.3. The molecular weight excluding hydrogens is 667 g/mol. The van der Waals surface area contributed by atoms with Crippen LogP contribution in [0.3, 0.4) is 0 Å². The molecule has 0 aliphatic heterocycles. The molecule has 1 unspecified atom stereocenters. The fourth-order valence-electron chi connectivity index (χ4n) is 9.22. The summed E-state index contributed by atoms with van der Waals surface area (Å²) < 4.78 is 2.53. The number of nitrogens with zero attached hydrogens (tertiary/aromatic N) is 3. The Morgan fingerprint density at radius 3 is 2.16 bits per heavy atom. The molecule has 6 aromatic carbocycles. The third-order valence-electron chi connectivity index (χ3n) is 11.9. The molecule has 0 amide bonds. The number of para-hydroxylation sites is 1. The van der Waals surface area contributed by atoms with Crippen molar-refractivity contribution >= 4 is 35.1 Å². The fourth-order valence-corrected chi connectivity index (χ4v) is 9.22. The average Bonchev–Trinajstić information content (AvgIpc) is 3.60. The third kappa shape index (κ3) is 5.41. The van der Waals surface area contributed by atoms with E-state index in [1.807, 2.05) is 0 Å². The van der Waals surface area contributed by atoms with Crippen molar-refractivity contribution in [3.05, 3.63) is 184 Å². The Kier molecular flexibility index (Phi) is 7.58. The highest BCUT2D eigenvalue weighted by Gasteiger charge is 2.26. The van der Waals surface area contributed by atoms with Crippen LogP contribution in [-0.2, 0) is 12.8 Å². The Morgan fingerprint density at radius 1 is 0.545 bits per heavy atom. The van der Waals surface area contributed by atoms with Crippen LogP contribution in [0.15, 0.2) is 146 Å². The number of aryl methyl sites for hydroxylation is 1. The molecule has 2 aromatic heterocycles. The predicted octanol–water partition coefficient (Wildman–Crippen LogP) is 9.29. The molecule has 0 saturated carbocycles. The van der Waals surface area contributed by atoms with E-state index < -0.39 is 0 Å². The summed E-state index contributed by atoms with van der Waals surface area (Å²) in [5.41, 5.74) is 13.8. The van der Waals surface area contributed by atoms with Crippen molar-refractivity contribution in [2.75, 3.05) is 0 Å². The fraction of sp³-hybridized carbons (Fsp3) is 0.115. The van der Waals surface area contributed by atoms with E-state index in [9.17, 15) is 0 Å². The first-order valence-corrected chi connectivity index (χ1v) is 19.6. The van der Waals surface area contributed by atoms with Crippen LogP contribution in [0.1, 0.15) is 42.0 Å². The van der Waals surface area contributed by atoms with Crippen LogP contribution in [-0.4, -0.2) is 14.5 Å². The first kappa shape index (κ1) is 31.9. The zero-order valence-electron chi connectivity index (χ0n) is 30.6. The van der Waals surface area contributed by atoms with Crippen molar-refractivity contribution < 1.29 is 0 Å². The minimum absolute atomic E-state index is 0.277. The Hall–Kier alpha value is -6.58. The van der Waals surface area contributed by atoms with Crippen LogP contribution in [0.5, 0.6) is 0 Å². The Labute approximate surface area is 320 Å². The SMILES string of the molecule is C1=c2nc(-c3ccc(C4C=c5c(c6c(n5-c5ccccc5)CCc5ccccc5-6)=CC4)cc3)nc(-c3ccc(-c4cccc5ccccc45)cc3)c2=CCC1. The van der Waals surface area contributed by atoms with Gasteiger partial charge in [0.1, 0.15) is 0 Å². The number of hydrogen-bond donors (Lipinski definition) is 0. The highest BCUT2D eigenvalue weighted by Crippen LogP contribution is 2.35. The van der Waals surface area contributed by atoms with Gasteiger partial charge >= 0.3 is 0 Å². The van der Waals surface area contributed by atoms with Gasteiger partial charge in [-0.3, -0.25) is 0 Å². The molecule has 262 valence electrons. The number of rotatable bonds is 5. The lowest BCUT2D eigenvalue weighted by Gasteiger charge is -2.19. The normalized spacial score (nSPS) is 15.3. The van der Waals surface area contributed by atoms with Gasteiger partial charge < -0.3 is 4.57 Å². The Morgan fingerprint density at radius 2 is 1.27 bits per heavy atom. The number of benzene rings is 6. The molecule has 55 heavy (non-hydrogen) atoms. The first-order valence-electron chi connectivity index (χ1n) is 19.6. The quantitative estimate of drug-likeness (QED) is 0.179. The average molecular weight is 706 g/mol. The van der Waals surface area contributed by atoms with Gasteiger partial charge in [-0.1, -0.05) is 158 Å². The maximum Gasteiger partial charge on any atom is 0.160 e. The van der Waals surface area contributed by atoms with Gasteiger partial charge in [-0.2, -0.15) is 0 Å². The van der Waals surface area contributed by atoms with E-state index in [0.717, 1.165) is 65.3 Å². The molecule has 0 bridgehead atoms. The predicted molar refractivity (Wildman–Crippen MR) is 227 cm³/mol. The van der Waals surface area contributed by atoms with Crippen LogP contribution in [0.2, 0.25) is 0 Å². The molecule has 0 radical (unpaired) electrons. The van der Waals surface area contributed by atoms with Gasteiger partial charge in [0.25, 0.3) is 0 Å². The molecule has 8 aromatic rings. The molecule has 3 nitrogen and oxygen atoms in total. The summed E-state index contributed by atoms with van der Waals surface area (Å²) in [6.07, 6.45) is 14.7. The highest BCUT2D eigenvalue weighted by atomic mass is 15.0. The second kappa shape index (κ2) is 13.1. The summed E-state index contributed by atoms with van der Waals surface area (Å²) in [6.45, 7) is 0. The topological polar surface area (TPSA) is 30.7 Å². The first-order chi connectivity index (χ1) is 27.3. The lowest BCUT2D eigenvalue weighted by molar-refractivity contribution is 0.833. The van der Waals surface area contributed by atoms with Crippen molar-refractivity contribution in [1.82, 2.24) is 14.5 Å². The van der Waals surface area contributed by atoms with E-state index in [1.165, 1.54) is 66.1 Å². The standard InChI is InChI=1S/C52H39N3/c1-2-14-41(15-3-1)55-48-32-30-36-12-5-7-17-44(36)50(48)46-31-29-40(33-49(46)55)34-21-27-39(28-22-34)52-53-47-20-9-8-18-45(47)51(54-52)38-25-23-37(24-26-38)43-19-10-13-35-11-4-6-16-42(35)43/h1-7,10-28,31,33,40H,8-9,29-30,32H2. The number of aromatic nitrogens is 3. The van der Waals surface area contributed by atoms with Crippen molar-refractivity contribution in [3.8, 4) is 50.6 Å². The van der Waals surface area contributed by atoms with Crippen molar-refractivity contribution in [1.29, 1.82) is 0 Å². The van der Waals surface area contributed by atoms with E-state index in [0.29, 0.717) is 0 Å². The summed E-state index contributed by atoms with van der Waals surface area (Å²) >= 11 is 0. The monoisotopic (exact) mass is 705 g/mol. The van der Waals surface area contributed by atoms with E-state index in [4.69, 9.17) is 9.97 Å². The Balaban J connectivity index is 0.961. The lowest BCUT2D eigenvalue weighted by atomic mass is 9.86. The molecule has 3 aliphatic carbocycles. The van der Waals surface area contributed by atoms with Gasteiger partial charge in [0.15, 0.2) is 5.82 Å². The van der Waals surface area contributed by atoms with E-state index in [2.05, 4.69) is 174 Å². The summed E-state index contributed by atoms with van der Waals surface area (Å²) in [7, 11) is 0. The van der Waals surface area contributed by atoms with Gasteiger partial charge in [-0.05, 0) is 82.8 Å². The van der Waals surface area contributed by atoms with Crippen molar-refractivity contribution in [3.63, 3.8) is 0 Å². The molecule has 0 N–H and O–H groups in total. The maximum absolute atomic E-state index is 5.27. The van der Waals surface area contributed by atoms with E-state index in [-0.39, 0.29) is 5.92 Å². The van der Waals surface area contributed by atoms with Gasteiger partial charge in [-0.15, -0.1) is 0 Å². The van der Waals surface area contributed by atoms with Gasteiger partial charge in [-0.25, -0.2) is 9.97 Å². The molecule has 3 aliphatic rings. The summed E-state index contributed by atoms with van der Waals surface area (Å²) in [5.74, 6) is 1.05. The summed E-state index contributed by atoms with van der Waals surface area (Å²) in [4.78, 5) is 10.4.